The smallest absolute Gasteiger partial charge is 0.0250 e. The summed E-state index contributed by atoms with van der Waals surface area (Å²) in [5, 5.41) is 0. The van der Waals surface area contributed by atoms with Crippen LogP contribution in [0.2, 0.25) is 0 Å². The van der Waals surface area contributed by atoms with Crippen LogP contribution in [-0.4, -0.2) is 30.1 Å². The second kappa shape index (κ2) is 4.86. The molecule has 16 heavy (non-hydrogen) atoms. The van der Waals surface area contributed by atoms with E-state index in [9.17, 15) is 0 Å². The minimum Gasteiger partial charge on any atom is -0.326 e. The quantitative estimate of drug-likeness (QED) is 0.904. The highest BCUT2D eigenvalue weighted by Gasteiger charge is 2.32. The lowest BCUT2D eigenvalue weighted by Gasteiger charge is -2.20. The first-order valence-corrected chi connectivity index (χ1v) is 6.62. The van der Waals surface area contributed by atoms with Crippen LogP contribution < -0.4 is 5.73 Å². The van der Waals surface area contributed by atoms with E-state index in [0.717, 1.165) is 17.6 Å². The second-order valence-electron chi connectivity index (χ2n) is 4.87. The maximum Gasteiger partial charge on any atom is 0.0250 e. The summed E-state index contributed by atoms with van der Waals surface area (Å²) in [7, 11) is 0. The third-order valence-electron chi connectivity index (χ3n) is 3.42. The van der Waals surface area contributed by atoms with Gasteiger partial charge in [-0.05, 0) is 31.5 Å². The fourth-order valence-electron chi connectivity index (χ4n) is 2.34. The SMILES string of the molecule is CC(C)N1C[C@@H](N)[C@H](c2ccc(Br)cc2)C1. The molecule has 0 aliphatic carbocycles. The molecule has 88 valence electrons. The average molecular weight is 283 g/mol. The van der Waals surface area contributed by atoms with Gasteiger partial charge in [-0.15, -0.1) is 0 Å². The zero-order chi connectivity index (χ0) is 11.7. The highest BCUT2D eigenvalue weighted by atomic mass is 79.9. The third kappa shape index (κ3) is 2.47. The number of hydrogen-bond acceptors (Lipinski definition) is 2. The molecule has 2 nitrogen and oxygen atoms in total. The first-order valence-electron chi connectivity index (χ1n) is 5.83. The molecule has 1 aliphatic rings. The van der Waals surface area contributed by atoms with Gasteiger partial charge in [0.2, 0.25) is 0 Å². The van der Waals surface area contributed by atoms with Crippen molar-refractivity contribution in [2.75, 3.05) is 13.1 Å². The van der Waals surface area contributed by atoms with Crippen LogP contribution in [-0.2, 0) is 0 Å². The van der Waals surface area contributed by atoms with E-state index in [1.165, 1.54) is 5.56 Å². The third-order valence-corrected chi connectivity index (χ3v) is 3.95. The molecule has 1 heterocycles. The highest BCUT2D eigenvalue weighted by Crippen LogP contribution is 2.28. The standard InChI is InChI=1S/C13H19BrN2/c1-9(2)16-7-12(13(15)8-16)10-3-5-11(14)6-4-10/h3-6,9,12-13H,7-8,15H2,1-2H3/t12-,13+/m0/s1. The Balaban J connectivity index is 2.13. The van der Waals surface area contributed by atoms with Gasteiger partial charge in [-0.25, -0.2) is 0 Å². The van der Waals surface area contributed by atoms with Crippen molar-refractivity contribution in [2.45, 2.75) is 31.8 Å². The van der Waals surface area contributed by atoms with Gasteiger partial charge in [0.1, 0.15) is 0 Å². The summed E-state index contributed by atoms with van der Waals surface area (Å²) in [6.45, 7) is 6.56. The van der Waals surface area contributed by atoms with Gasteiger partial charge in [-0.1, -0.05) is 28.1 Å². The summed E-state index contributed by atoms with van der Waals surface area (Å²) >= 11 is 3.46. The molecule has 0 amide bonds. The molecule has 0 saturated carbocycles. The topological polar surface area (TPSA) is 29.3 Å². The van der Waals surface area contributed by atoms with Crippen LogP contribution in [0.4, 0.5) is 0 Å². The van der Waals surface area contributed by atoms with E-state index in [1.54, 1.807) is 0 Å². The van der Waals surface area contributed by atoms with Crippen molar-refractivity contribution in [1.29, 1.82) is 0 Å². The van der Waals surface area contributed by atoms with Gasteiger partial charge in [0.15, 0.2) is 0 Å². The van der Waals surface area contributed by atoms with Crippen molar-refractivity contribution in [3.63, 3.8) is 0 Å². The van der Waals surface area contributed by atoms with E-state index in [4.69, 9.17) is 5.73 Å². The minimum atomic E-state index is 0.267. The van der Waals surface area contributed by atoms with E-state index in [1.807, 2.05) is 0 Å². The number of benzene rings is 1. The maximum absolute atomic E-state index is 6.22. The molecule has 0 spiro atoms. The first-order chi connectivity index (χ1) is 7.58. The van der Waals surface area contributed by atoms with Crippen LogP contribution in [0.1, 0.15) is 25.3 Å². The van der Waals surface area contributed by atoms with Gasteiger partial charge >= 0.3 is 0 Å². The van der Waals surface area contributed by atoms with Crippen LogP contribution in [0.3, 0.4) is 0 Å². The Morgan fingerprint density at radius 2 is 1.88 bits per heavy atom. The van der Waals surface area contributed by atoms with Crippen LogP contribution in [0.5, 0.6) is 0 Å². The molecule has 0 unspecified atom stereocenters. The van der Waals surface area contributed by atoms with Crippen molar-refractivity contribution < 1.29 is 0 Å². The Hall–Kier alpha value is -0.380. The molecule has 1 fully saturated rings. The van der Waals surface area contributed by atoms with Crippen molar-refractivity contribution >= 4 is 15.9 Å². The predicted molar refractivity (Wildman–Crippen MR) is 71.6 cm³/mol. The Morgan fingerprint density at radius 1 is 1.25 bits per heavy atom. The summed E-state index contributed by atoms with van der Waals surface area (Å²) in [5.74, 6) is 0.482. The minimum absolute atomic E-state index is 0.267. The number of likely N-dealkylation sites (tertiary alicyclic amines) is 1. The Bertz CT molecular complexity index is 347. The molecule has 3 heteroatoms. The summed E-state index contributed by atoms with van der Waals surface area (Å²) in [6, 6.07) is 9.41. The molecule has 0 bridgehead atoms. The second-order valence-corrected chi connectivity index (χ2v) is 5.79. The van der Waals surface area contributed by atoms with E-state index in [2.05, 4.69) is 58.9 Å². The maximum atomic E-state index is 6.22. The predicted octanol–water partition coefficient (Wildman–Crippen LogP) is 2.58. The molecule has 2 atom stereocenters. The monoisotopic (exact) mass is 282 g/mol. The fourth-order valence-corrected chi connectivity index (χ4v) is 2.61. The Kier molecular flexibility index (Phi) is 3.67. The van der Waals surface area contributed by atoms with Crippen molar-refractivity contribution in [1.82, 2.24) is 4.90 Å². The van der Waals surface area contributed by atoms with Gasteiger partial charge < -0.3 is 5.73 Å². The van der Waals surface area contributed by atoms with Gasteiger partial charge in [0, 0.05) is 35.6 Å². The van der Waals surface area contributed by atoms with Gasteiger partial charge in [0.25, 0.3) is 0 Å². The fraction of sp³-hybridized carbons (Fsp3) is 0.538. The summed E-state index contributed by atoms with van der Waals surface area (Å²) in [6.07, 6.45) is 0. The Labute approximate surface area is 106 Å². The van der Waals surface area contributed by atoms with Gasteiger partial charge in [0.05, 0.1) is 0 Å². The molecule has 2 N–H and O–H groups in total. The molecule has 2 rings (SSSR count). The van der Waals surface area contributed by atoms with Crippen molar-refractivity contribution in [3.05, 3.63) is 34.3 Å². The normalized spacial score (nSPS) is 26.6. The molecular formula is C13H19BrN2. The first kappa shape index (κ1) is 12.1. The van der Waals surface area contributed by atoms with Crippen LogP contribution in [0.15, 0.2) is 28.7 Å². The number of halogens is 1. The van der Waals surface area contributed by atoms with E-state index in [-0.39, 0.29) is 6.04 Å². The summed E-state index contributed by atoms with van der Waals surface area (Å²) in [5.41, 5.74) is 7.58. The number of nitrogens with zero attached hydrogens (tertiary/aromatic N) is 1. The van der Waals surface area contributed by atoms with E-state index >= 15 is 0 Å². The zero-order valence-corrected chi connectivity index (χ0v) is 11.4. The van der Waals surface area contributed by atoms with E-state index < -0.39 is 0 Å². The lowest BCUT2D eigenvalue weighted by atomic mass is 9.95. The average Bonchev–Trinajstić information content (AvgIpc) is 2.62. The lowest BCUT2D eigenvalue weighted by Crippen LogP contribution is -2.31. The molecule has 1 aromatic rings. The molecule has 0 radical (unpaired) electrons. The molecule has 0 aromatic heterocycles. The number of rotatable bonds is 2. The zero-order valence-electron chi connectivity index (χ0n) is 9.86. The highest BCUT2D eigenvalue weighted by molar-refractivity contribution is 9.10. The molecule has 1 saturated heterocycles. The van der Waals surface area contributed by atoms with Crippen molar-refractivity contribution in [2.24, 2.45) is 5.73 Å². The molecule has 1 aromatic carbocycles. The van der Waals surface area contributed by atoms with Crippen LogP contribution in [0.25, 0.3) is 0 Å². The Morgan fingerprint density at radius 3 is 2.38 bits per heavy atom. The summed E-state index contributed by atoms with van der Waals surface area (Å²) in [4.78, 5) is 2.46. The van der Waals surface area contributed by atoms with Crippen molar-refractivity contribution in [3.8, 4) is 0 Å². The lowest BCUT2D eigenvalue weighted by molar-refractivity contribution is 0.270. The number of nitrogens with two attached hydrogens (primary N) is 1. The molecular weight excluding hydrogens is 264 g/mol. The van der Waals surface area contributed by atoms with Gasteiger partial charge in [-0.3, -0.25) is 4.90 Å². The molecule has 1 aliphatic heterocycles. The van der Waals surface area contributed by atoms with Gasteiger partial charge in [-0.2, -0.15) is 0 Å². The largest absolute Gasteiger partial charge is 0.326 e. The van der Waals surface area contributed by atoms with Crippen LogP contribution in [0, 0.1) is 0 Å². The van der Waals surface area contributed by atoms with Crippen LogP contribution >= 0.6 is 15.9 Å². The summed E-state index contributed by atoms with van der Waals surface area (Å²) < 4.78 is 1.13. The number of hydrogen-bond donors (Lipinski definition) is 1. The van der Waals surface area contributed by atoms with E-state index in [0.29, 0.717) is 12.0 Å².